The van der Waals surface area contributed by atoms with Crippen molar-refractivity contribution in [2.75, 3.05) is 12.7 Å². The SMILES string of the molecule is O=S(=O)(O)N1CCC[C@H]1CP(c1ccccc1)c1ccccc1. The largest absolute Gasteiger partial charge is 0.336 e. The Labute approximate surface area is 138 Å². The Balaban J connectivity index is 1.91. The maximum Gasteiger partial charge on any atom is 0.336 e. The lowest BCUT2D eigenvalue weighted by Gasteiger charge is -2.26. The van der Waals surface area contributed by atoms with Crippen molar-refractivity contribution >= 4 is 28.8 Å². The van der Waals surface area contributed by atoms with Crippen molar-refractivity contribution in [1.82, 2.24) is 4.31 Å². The summed E-state index contributed by atoms with van der Waals surface area (Å²) in [4.78, 5) is 0. The minimum Gasteiger partial charge on any atom is -0.273 e. The topological polar surface area (TPSA) is 57.6 Å². The zero-order chi connectivity index (χ0) is 16.3. The second-order valence-electron chi connectivity index (χ2n) is 5.67. The van der Waals surface area contributed by atoms with Crippen molar-refractivity contribution in [1.29, 1.82) is 0 Å². The number of benzene rings is 2. The minimum atomic E-state index is -4.12. The second kappa shape index (κ2) is 7.10. The van der Waals surface area contributed by atoms with Gasteiger partial charge in [0.1, 0.15) is 0 Å². The Hall–Kier alpha value is -1.26. The summed E-state index contributed by atoms with van der Waals surface area (Å²) in [5, 5.41) is 2.46. The first-order valence-electron chi connectivity index (χ1n) is 7.67. The van der Waals surface area contributed by atoms with Crippen LogP contribution >= 0.6 is 7.92 Å². The van der Waals surface area contributed by atoms with Gasteiger partial charge in [-0.05, 0) is 37.5 Å². The number of nitrogens with zero attached hydrogens (tertiary/aromatic N) is 1. The molecule has 3 rings (SSSR count). The summed E-state index contributed by atoms with van der Waals surface area (Å²) < 4.78 is 33.9. The average Bonchev–Trinajstić information content (AvgIpc) is 3.03. The summed E-state index contributed by atoms with van der Waals surface area (Å²) in [5.74, 6) is 0. The van der Waals surface area contributed by atoms with Gasteiger partial charge < -0.3 is 0 Å². The summed E-state index contributed by atoms with van der Waals surface area (Å²) in [6, 6.07) is 20.3. The quantitative estimate of drug-likeness (QED) is 0.666. The van der Waals surface area contributed by atoms with Crippen LogP contribution in [0.5, 0.6) is 0 Å². The van der Waals surface area contributed by atoms with Gasteiger partial charge in [-0.25, -0.2) is 0 Å². The van der Waals surface area contributed by atoms with Gasteiger partial charge in [-0.1, -0.05) is 60.7 Å². The van der Waals surface area contributed by atoms with Gasteiger partial charge in [0.15, 0.2) is 0 Å². The summed E-state index contributed by atoms with van der Waals surface area (Å²) >= 11 is 0. The maximum absolute atomic E-state index is 11.6. The first-order chi connectivity index (χ1) is 11.1. The van der Waals surface area contributed by atoms with E-state index >= 15 is 0 Å². The van der Waals surface area contributed by atoms with Crippen LogP contribution < -0.4 is 10.6 Å². The highest BCUT2D eigenvalue weighted by Gasteiger charge is 2.35. The van der Waals surface area contributed by atoms with E-state index in [1.54, 1.807) is 0 Å². The van der Waals surface area contributed by atoms with Gasteiger partial charge in [0.05, 0.1) is 0 Å². The van der Waals surface area contributed by atoms with Crippen LogP contribution in [0.25, 0.3) is 0 Å². The highest BCUT2D eigenvalue weighted by Crippen LogP contribution is 2.38. The normalized spacial score (nSPS) is 19.3. The first kappa shape index (κ1) is 16.6. The van der Waals surface area contributed by atoms with Crippen LogP contribution in [0.15, 0.2) is 60.7 Å². The van der Waals surface area contributed by atoms with Crippen LogP contribution in [-0.2, 0) is 10.3 Å². The van der Waals surface area contributed by atoms with Gasteiger partial charge in [-0.15, -0.1) is 0 Å². The molecule has 2 aromatic rings. The molecule has 4 nitrogen and oxygen atoms in total. The fourth-order valence-corrected chi connectivity index (χ4v) is 6.69. The van der Waals surface area contributed by atoms with Gasteiger partial charge in [0, 0.05) is 12.6 Å². The zero-order valence-electron chi connectivity index (χ0n) is 12.7. The second-order valence-corrected chi connectivity index (χ2v) is 9.28. The lowest BCUT2D eigenvalue weighted by Crippen LogP contribution is -2.38. The summed E-state index contributed by atoms with van der Waals surface area (Å²) in [6.45, 7) is 0.413. The monoisotopic (exact) mass is 349 g/mol. The van der Waals surface area contributed by atoms with Gasteiger partial charge in [-0.3, -0.25) is 4.55 Å². The molecule has 23 heavy (non-hydrogen) atoms. The molecule has 1 fully saturated rings. The predicted octanol–water partition coefficient (Wildman–Crippen LogP) is 2.39. The van der Waals surface area contributed by atoms with Crippen LogP contribution in [0.3, 0.4) is 0 Å². The fourth-order valence-electron chi connectivity index (χ4n) is 3.08. The van der Waals surface area contributed by atoms with E-state index in [4.69, 9.17) is 0 Å². The third-order valence-electron chi connectivity index (χ3n) is 4.15. The number of hydrogen-bond donors (Lipinski definition) is 1. The van der Waals surface area contributed by atoms with E-state index in [2.05, 4.69) is 24.3 Å². The molecule has 0 unspecified atom stereocenters. The molecular weight excluding hydrogens is 329 g/mol. The van der Waals surface area contributed by atoms with E-state index in [0.717, 1.165) is 19.0 Å². The molecule has 1 heterocycles. The van der Waals surface area contributed by atoms with Crippen molar-refractivity contribution < 1.29 is 13.0 Å². The molecule has 0 radical (unpaired) electrons. The molecule has 1 aliphatic rings. The fraction of sp³-hybridized carbons (Fsp3) is 0.294. The van der Waals surface area contributed by atoms with E-state index in [-0.39, 0.29) is 6.04 Å². The lowest BCUT2D eigenvalue weighted by atomic mass is 10.3. The van der Waals surface area contributed by atoms with Gasteiger partial charge >= 0.3 is 10.3 Å². The molecule has 0 aromatic heterocycles. The predicted molar refractivity (Wildman–Crippen MR) is 95.2 cm³/mol. The molecule has 0 spiro atoms. The smallest absolute Gasteiger partial charge is 0.273 e. The number of rotatable bonds is 5. The van der Waals surface area contributed by atoms with Crippen molar-refractivity contribution in [3.8, 4) is 0 Å². The molecule has 0 amide bonds. The molecule has 6 heteroatoms. The van der Waals surface area contributed by atoms with Crippen molar-refractivity contribution in [3.05, 3.63) is 60.7 Å². The Kier molecular flexibility index (Phi) is 5.12. The molecule has 0 bridgehead atoms. The molecule has 1 N–H and O–H groups in total. The summed E-state index contributed by atoms with van der Waals surface area (Å²) in [5.41, 5.74) is 0. The molecule has 0 aliphatic carbocycles. The van der Waals surface area contributed by atoms with Gasteiger partial charge in [0.25, 0.3) is 0 Å². The molecule has 122 valence electrons. The van der Waals surface area contributed by atoms with E-state index in [1.165, 1.54) is 14.9 Å². The lowest BCUT2D eigenvalue weighted by molar-refractivity contribution is 0.350. The highest BCUT2D eigenvalue weighted by atomic mass is 32.2. The van der Waals surface area contributed by atoms with Crippen molar-refractivity contribution in [2.45, 2.75) is 18.9 Å². The summed E-state index contributed by atoms with van der Waals surface area (Å²) in [6.07, 6.45) is 2.35. The Bertz CT molecular complexity index is 697. The highest BCUT2D eigenvalue weighted by molar-refractivity contribution is 7.83. The third kappa shape index (κ3) is 3.99. The minimum absolute atomic E-state index is 0.128. The molecular formula is C17H20NO3PS. The van der Waals surface area contributed by atoms with Gasteiger partial charge in [-0.2, -0.15) is 12.7 Å². The average molecular weight is 349 g/mol. The van der Waals surface area contributed by atoms with Crippen LogP contribution in [0.4, 0.5) is 0 Å². The van der Waals surface area contributed by atoms with E-state index < -0.39 is 18.2 Å². The Morgan fingerprint density at radius 1 is 1.00 bits per heavy atom. The van der Waals surface area contributed by atoms with Crippen LogP contribution in [-0.4, -0.2) is 36.0 Å². The first-order valence-corrected chi connectivity index (χ1v) is 10.6. The molecule has 1 aliphatic heterocycles. The van der Waals surface area contributed by atoms with E-state index in [1.807, 2.05) is 36.4 Å². The molecule has 2 aromatic carbocycles. The Morgan fingerprint density at radius 2 is 1.52 bits per heavy atom. The standard InChI is InChI=1S/C17H20NO3PS/c19-23(20,21)18-13-7-8-15(18)14-22(16-9-3-1-4-10-16)17-11-5-2-6-12-17/h1-6,9-12,15H,7-8,13-14H2,(H,19,20,21)/t15-/m0/s1. The maximum atomic E-state index is 11.6. The van der Waals surface area contributed by atoms with E-state index in [0.29, 0.717) is 6.54 Å². The number of hydrogen-bond acceptors (Lipinski definition) is 2. The van der Waals surface area contributed by atoms with Crippen molar-refractivity contribution in [2.24, 2.45) is 0 Å². The third-order valence-corrected chi connectivity index (χ3v) is 7.85. The van der Waals surface area contributed by atoms with Crippen LogP contribution in [0.1, 0.15) is 12.8 Å². The van der Waals surface area contributed by atoms with E-state index in [9.17, 15) is 13.0 Å². The molecule has 0 saturated carbocycles. The van der Waals surface area contributed by atoms with Gasteiger partial charge in [0.2, 0.25) is 0 Å². The zero-order valence-corrected chi connectivity index (χ0v) is 14.5. The molecule has 1 saturated heterocycles. The van der Waals surface area contributed by atoms with Crippen LogP contribution in [0.2, 0.25) is 0 Å². The molecule has 1 atom stereocenters. The summed E-state index contributed by atoms with van der Waals surface area (Å²) in [7, 11) is -4.77. The Morgan fingerprint density at radius 3 is 2.00 bits per heavy atom. The van der Waals surface area contributed by atoms with Crippen LogP contribution in [0, 0.1) is 0 Å². The van der Waals surface area contributed by atoms with Crippen molar-refractivity contribution in [3.63, 3.8) is 0 Å².